The Hall–Kier alpha value is -2.95. The zero-order valence-corrected chi connectivity index (χ0v) is 15.6. The number of carboxylic acid groups (broad SMARTS) is 1. The van der Waals surface area contributed by atoms with E-state index in [-0.39, 0.29) is 24.3 Å². The van der Waals surface area contributed by atoms with Crippen LogP contribution in [0.3, 0.4) is 0 Å². The van der Waals surface area contributed by atoms with Gasteiger partial charge in [-0.2, -0.15) is 0 Å². The molecule has 2 aliphatic heterocycles. The molecule has 150 valence electrons. The van der Waals surface area contributed by atoms with Gasteiger partial charge >= 0.3 is 5.97 Å². The van der Waals surface area contributed by atoms with Gasteiger partial charge in [0, 0.05) is 12.6 Å². The number of amides is 1. The van der Waals surface area contributed by atoms with Gasteiger partial charge in [-0.05, 0) is 24.6 Å². The SMILES string of the molecule is C[C@]1(C=NCC(=O)Cc2ccc(O)c(O)c2)[C@H](C(=O)O)N2C(=O)C[C@H]2S1(=O)=O. The molecule has 10 nitrogen and oxygen atoms in total. The number of aliphatic carboxylic acids is 1. The number of carboxylic acids is 1. The fourth-order valence-corrected chi connectivity index (χ4v) is 5.73. The zero-order valence-electron chi connectivity index (χ0n) is 14.8. The second kappa shape index (κ2) is 6.59. The average Bonchev–Trinajstić information content (AvgIpc) is 2.73. The molecule has 2 aliphatic rings. The Bertz CT molecular complexity index is 1000. The minimum Gasteiger partial charge on any atom is -0.504 e. The van der Waals surface area contributed by atoms with Crippen molar-refractivity contribution in [2.24, 2.45) is 4.99 Å². The lowest BCUT2D eigenvalue weighted by molar-refractivity contribution is -0.156. The molecule has 0 aromatic heterocycles. The molecular weight excluding hydrogens is 392 g/mol. The summed E-state index contributed by atoms with van der Waals surface area (Å²) in [5.74, 6) is -3.13. The summed E-state index contributed by atoms with van der Waals surface area (Å²) >= 11 is 0. The summed E-state index contributed by atoms with van der Waals surface area (Å²) in [6.45, 7) is 0.774. The molecule has 0 bridgehead atoms. The molecule has 0 aliphatic carbocycles. The van der Waals surface area contributed by atoms with Gasteiger partial charge in [0.1, 0.15) is 10.1 Å². The molecule has 28 heavy (non-hydrogen) atoms. The van der Waals surface area contributed by atoms with E-state index in [1.165, 1.54) is 25.1 Å². The van der Waals surface area contributed by atoms with Crippen LogP contribution in [0.25, 0.3) is 0 Å². The number of β-lactam (4-membered cyclic amide) rings is 1. The van der Waals surface area contributed by atoms with Gasteiger partial charge in [0.25, 0.3) is 0 Å². The van der Waals surface area contributed by atoms with E-state index in [1.54, 1.807) is 0 Å². The molecule has 0 saturated carbocycles. The second-order valence-corrected chi connectivity index (χ2v) is 9.45. The topological polar surface area (TPSA) is 162 Å². The van der Waals surface area contributed by atoms with Gasteiger partial charge in [-0.15, -0.1) is 0 Å². The van der Waals surface area contributed by atoms with Crippen molar-refractivity contribution in [3.8, 4) is 11.5 Å². The van der Waals surface area contributed by atoms with Crippen LogP contribution in [0.5, 0.6) is 11.5 Å². The highest BCUT2D eigenvalue weighted by Crippen LogP contribution is 2.45. The number of hydrogen-bond acceptors (Lipinski definition) is 8. The van der Waals surface area contributed by atoms with Gasteiger partial charge in [-0.3, -0.25) is 14.6 Å². The van der Waals surface area contributed by atoms with Crippen LogP contribution in [-0.4, -0.2) is 75.2 Å². The van der Waals surface area contributed by atoms with Crippen molar-refractivity contribution in [1.29, 1.82) is 0 Å². The van der Waals surface area contributed by atoms with Crippen LogP contribution in [0.15, 0.2) is 23.2 Å². The first-order chi connectivity index (χ1) is 13.0. The molecule has 1 amide bonds. The minimum absolute atomic E-state index is 0.121. The highest BCUT2D eigenvalue weighted by atomic mass is 32.2. The van der Waals surface area contributed by atoms with Gasteiger partial charge in [0.15, 0.2) is 33.2 Å². The van der Waals surface area contributed by atoms with Gasteiger partial charge in [-0.25, -0.2) is 13.2 Å². The third-order valence-corrected chi connectivity index (χ3v) is 7.70. The minimum atomic E-state index is -4.02. The molecule has 0 spiro atoms. The summed E-state index contributed by atoms with van der Waals surface area (Å²) in [5, 5.41) is 27.0. The summed E-state index contributed by atoms with van der Waals surface area (Å²) in [5.41, 5.74) is 0.424. The lowest BCUT2D eigenvalue weighted by atomic mass is 9.97. The Morgan fingerprint density at radius 1 is 1.32 bits per heavy atom. The average molecular weight is 410 g/mol. The molecule has 3 rings (SSSR count). The fourth-order valence-electron chi connectivity index (χ4n) is 3.50. The van der Waals surface area contributed by atoms with Gasteiger partial charge in [0.05, 0.1) is 13.0 Å². The summed E-state index contributed by atoms with van der Waals surface area (Å²) in [6, 6.07) is 2.29. The maximum absolute atomic E-state index is 12.7. The molecular formula is C17H18N2O8S. The first-order valence-electron chi connectivity index (χ1n) is 8.30. The van der Waals surface area contributed by atoms with Crippen molar-refractivity contribution >= 4 is 33.7 Å². The van der Waals surface area contributed by atoms with Crippen molar-refractivity contribution in [2.45, 2.75) is 35.9 Å². The van der Waals surface area contributed by atoms with Crippen molar-refractivity contribution in [3.05, 3.63) is 23.8 Å². The fraction of sp³-hybridized carbons (Fsp3) is 0.412. The van der Waals surface area contributed by atoms with Crippen LogP contribution >= 0.6 is 0 Å². The number of phenolic OH excluding ortho intramolecular Hbond substituents is 2. The molecule has 2 fully saturated rings. The molecule has 1 aromatic rings. The first-order valence-corrected chi connectivity index (χ1v) is 9.84. The van der Waals surface area contributed by atoms with E-state index in [9.17, 15) is 38.1 Å². The van der Waals surface area contributed by atoms with Crippen LogP contribution < -0.4 is 0 Å². The number of carbonyl (C=O) groups is 3. The number of rotatable bonds is 6. The molecule has 11 heteroatoms. The molecule has 0 unspecified atom stereocenters. The second-order valence-electron chi connectivity index (χ2n) is 6.94. The lowest BCUT2D eigenvalue weighted by Gasteiger charge is -2.35. The number of ketones is 1. The molecule has 2 heterocycles. The Morgan fingerprint density at radius 2 is 2.00 bits per heavy atom. The Balaban J connectivity index is 1.76. The van der Waals surface area contributed by atoms with Gasteiger partial charge in [0.2, 0.25) is 5.91 Å². The van der Waals surface area contributed by atoms with Crippen molar-refractivity contribution < 1.29 is 38.1 Å². The van der Waals surface area contributed by atoms with E-state index in [2.05, 4.69) is 4.99 Å². The number of sulfone groups is 1. The number of nitrogens with zero attached hydrogens (tertiary/aromatic N) is 2. The standard InChI is InChI=1S/C17H18N2O8S/c1-17(15(16(24)25)19-13(23)6-14(19)28(17,26)27)8-18-7-10(20)4-9-2-3-11(21)12(22)5-9/h2-3,5,8,14-15,21-22H,4,6-7H2,1H3,(H,24,25)/t14-,15+,17+/m1/s1. The quantitative estimate of drug-likeness (QED) is 0.320. The molecule has 2 saturated heterocycles. The zero-order chi connectivity index (χ0) is 20.9. The van der Waals surface area contributed by atoms with Crippen molar-refractivity contribution in [3.63, 3.8) is 0 Å². The Kier molecular flexibility index (Phi) is 4.66. The Morgan fingerprint density at radius 3 is 2.57 bits per heavy atom. The van der Waals surface area contributed by atoms with Crippen LogP contribution in [-0.2, 0) is 30.6 Å². The lowest BCUT2D eigenvalue weighted by Crippen LogP contribution is -2.57. The number of aromatic hydroxyl groups is 2. The smallest absolute Gasteiger partial charge is 0.328 e. The van der Waals surface area contributed by atoms with Crippen LogP contribution in [0.4, 0.5) is 0 Å². The highest BCUT2D eigenvalue weighted by molar-refractivity contribution is 7.94. The van der Waals surface area contributed by atoms with Crippen LogP contribution in [0.1, 0.15) is 18.9 Å². The number of fused-ring (bicyclic) bond motifs is 1. The van der Waals surface area contributed by atoms with E-state index >= 15 is 0 Å². The van der Waals surface area contributed by atoms with E-state index in [1.807, 2.05) is 0 Å². The maximum Gasteiger partial charge on any atom is 0.328 e. The molecule has 1 aromatic carbocycles. The van der Waals surface area contributed by atoms with Gasteiger partial charge in [-0.1, -0.05) is 6.07 Å². The molecule has 3 N–H and O–H groups in total. The number of phenols is 2. The number of aliphatic imine (C=N–C) groups is 1. The first kappa shape index (κ1) is 19.8. The number of Topliss-reactive ketones (excluding diaryl/α,β-unsaturated/α-hetero) is 1. The highest BCUT2D eigenvalue weighted by Gasteiger charge is 2.69. The van der Waals surface area contributed by atoms with Crippen molar-refractivity contribution in [1.82, 2.24) is 4.90 Å². The number of benzene rings is 1. The van der Waals surface area contributed by atoms with Crippen LogP contribution in [0, 0.1) is 0 Å². The van der Waals surface area contributed by atoms with E-state index < -0.39 is 50.2 Å². The summed E-state index contributed by atoms with van der Waals surface area (Å²) in [6.07, 6.45) is 0.544. The monoisotopic (exact) mass is 410 g/mol. The third kappa shape index (κ3) is 2.91. The largest absolute Gasteiger partial charge is 0.504 e. The van der Waals surface area contributed by atoms with E-state index in [0.29, 0.717) is 5.56 Å². The summed E-state index contributed by atoms with van der Waals surface area (Å²) < 4.78 is 23.4. The summed E-state index contributed by atoms with van der Waals surface area (Å²) in [4.78, 5) is 40.1. The number of hydrogen-bond donors (Lipinski definition) is 3. The Labute approximate surface area is 160 Å². The van der Waals surface area contributed by atoms with Crippen molar-refractivity contribution in [2.75, 3.05) is 6.54 Å². The van der Waals surface area contributed by atoms with Crippen LogP contribution in [0.2, 0.25) is 0 Å². The predicted octanol–water partition coefficient (Wildman–Crippen LogP) is -0.521. The molecule has 0 radical (unpaired) electrons. The maximum atomic E-state index is 12.7. The predicted molar refractivity (Wildman–Crippen MR) is 95.8 cm³/mol. The third-order valence-electron chi connectivity index (χ3n) is 5.03. The van der Waals surface area contributed by atoms with E-state index in [0.717, 1.165) is 11.1 Å². The van der Waals surface area contributed by atoms with Gasteiger partial charge < -0.3 is 20.2 Å². The normalized spacial score (nSPS) is 28.2. The van der Waals surface area contributed by atoms with E-state index in [4.69, 9.17) is 0 Å². The number of carbonyl (C=O) groups excluding carboxylic acids is 2. The molecule has 3 atom stereocenters. The summed E-state index contributed by atoms with van der Waals surface area (Å²) in [7, 11) is -4.02.